The second-order valence-corrected chi connectivity index (χ2v) is 17.3. The molecule has 13 N–H and O–H groups in total. The molecule has 0 spiro atoms. The highest BCUT2D eigenvalue weighted by Crippen LogP contribution is 2.22. The second-order valence-electron chi connectivity index (χ2n) is 17.3. The van der Waals surface area contributed by atoms with Gasteiger partial charge in [0.2, 0.25) is 35.4 Å². The van der Waals surface area contributed by atoms with Gasteiger partial charge in [-0.25, -0.2) is 9.78 Å². The van der Waals surface area contributed by atoms with Crippen LogP contribution in [0.15, 0.2) is 72.1 Å². The number of carbonyl (C=O) groups is 7. The topological polar surface area (TPSA) is 334 Å². The van der Waals surface area contributed by atoms with Gasteiger partial charge in [-0.15, -0.1) is 0 Å². The number of likely N-dealkylation sites (tertiary alicyclic amines) is 1. The van der Waals surface area contributed by atoms with Gasteiger partial charge in [0.25, 0.3) is 0 Å². The molecule has 4 rings (SSSR count). The number of benzene rings is 2. The van der Waals surface area contributed by atoms with Crippen LogP contribution < -0.4 is 38.5 Å². The maximum atomic E-state index is 14.6. The molecule has 0 saturated carbocycles. The summed E-state index contributed by atoms with van der Waals surface area (Å²) in [7, 11) is 1.42. The lowest BCUT2D eigenvalue weighted by atomic mass is 9.95. The summed E-state index contributed by atoms with van der Waals surface area (Å²) < 4.78 is 0. The Morgan fingerprint density at radius 1 is 0.866 bits per heavy atom. The largest absolute Gasteiger partial charge is 0.508 e. The molecule has 0 aliphatic carbocycles. The number of H-pyrrole nitrogens is 1. The number of nitrogens with zero attached hydrogens (tertiary/aromatic N) is 4. The molecule has 2 heterocycles. The van der Waals surface area contributed by atoms with Crippen molar-refractivity contribution in [3.63, 3.8) is 0 Å². The Bertz CT molecular complexity index is 2170. The zero-order valence-electron chi connectivity index (χ0n) is 38.7. The zero-order chi connectivity index (χ0) is 49.4. The van der Waals surface area contributed by atoms with Crippen LogP contribution in [0.1, 0.15) is 70.2 Å². The first-order valence-corrected chi connectivity index (χ1v) is 22.4. The van der Waals surface area contributed by atoms with Crippen LogP contribution in [0.3, 0.4) is 0 Å². The Morgan fingerprint density at radius 3 is 2.09 bits per heavy atom. The number of carboxylic acid groups (broad SMARTS) is 1. The van der Waals surface area contributed by atoms with E-state index in [1.54, 1.807) is 63.2 Å². The van der Waals surface area contributed by atoms with Crippen LogP contribution in [-0.2, 0) is 52.8 Å². The number of rotatable bonds is 25. The summed E-state index contributed by atoms with van der Waals surface area (Å²) in [5.74, 6) is -6.17. The highest BCUT2D eigenvalue weighted by atomic mass is 16.4. The van der Waals surface area contributed by atoms with E-state index >= 15 is 0 Å². The average Bonchev–Trinajstić information content (AvgIpc) is 3.80. The fraction of sp³-hybridized carbons (Fsp3) is 0.500. The van der Waals surface area contributed by atoms with Gasteiger partial charge in [-0.1, -0.05) is 76.6 Å². The Labute approximate surface area is 390 Å². The van der Waals surface area contributed by atoms with Crippen LogP contribution in [0.2, 0.25) is 0 Å². The van der Waals surface area contributed by atoms with Gasteiger partial charge in [0.05, 0.1) is 12.4 Å². The van der Waals surface area contributed by atoms with E-state index < -0.39 is 95.5 Å². The second kappa shape index (κ2) is 25.0. The fourth-order valence-electron chi connectivity index (χ4n) is 7.53. The van der Waals surface area contributed by atoms with Crippen molar-refractivity contribution < 1.29 is 43.8 Å². The molecule has 1 aromatic heterocycles. The monoisotopic (exact) mass is 931 g/mol. The van der Waals surface area contributed by atoms with Crippen molar-refractivity contribution in [1.82, 2.24) is 41.0 Å². The number of guanidine groups is 1. The summed E-state index contributed by atoms with van der Waals surface area (Å²) in [6, 6.07) is 6.78. The Hall–Kier alpha value is -7.03. The first kappa shape index (κ1) is 52.6. The van der Waals surface area contributed by atoms with E-state index in [1.165, 1.54) is 41.5 Å². The Kier molecular flexibility index (Phi) is 19.7. The van der Waals surface area contributed by atoms with Gasteiger partial charge in [0.1, 0.15) is 42.0 Å². The number of imidazole rings is 1. The number of nitrogens with one attached hydrogen (secondary N) is 5. The van der Waals surface area contributed by atoms with Crippen LogP contribution in [-0.4, -0.2) is 140 Å². The number of carboxylic acids is 1. The first-order chi connectivity index (χ1) is 31.8. The molecule has 1 saturated heterocycles. The predicted molar refractivity (Wildman–Crippen MR) is 248 cm³/mol. The summed E-state index contributed by atoms with van der Waals surface area (Å²) in [5.41, 5.74) is 18.7. The van der Waals surface area contributed by atoms with Crippen molar-refractivity contribution in [3.8, 4) is 5.75 Å². The molecule has 1 aliphatic heterocycles. The number of aromatic nitrogens is 2. The van der Waals surface area contributed by atoms with E-state index in [0.29, 0.717) is 29.7 Å². The number of carbonyl (C=O) groups excluding carboxylic acids is 6. The highest BCUT2D eigenvalue weighted by molar-refractivity contribution is 5.98. The first-order valence-electron chi connectivity index (χ1n) is 22.4. The number of aliphatic carboxylic acids is 1. The van der Waals surface area contributed by atoms with E-state index in [0.717, 1.165) is 0 Å². The number of hydrogen-bond donors (Lipinski definition) is 10. The standard InChI is InChI=1S/C46H66N12O9/c1-6-27(4)38(42(63)53-33(23-30-24-50-25-52-30)43(64)58-20-18-35(58)40(61)54-34(45(66)67)21-28-11-8-7-9-12-28)56-41(62)36(22-29-14-16-31(59)17-15-29)57(5)44(65)37(26(2)3)55-39(60)32(47)13-10-19-51-46(48)49/h7-9,11-12,14-17,24-27,32-38,59H,6,10,13,18-23,47H2,1-5H3,(H,50,52)(H,53,63)(H,54,61)(H,55,60)(H,56,62)(H,66,67)(H4,48,49,51)/t27-,32-,33-,34-,35?,36-,37-,38-/m0/s1. The van der Waals surface area contributed by atoms with Gasteiger partial charge in [0, 0.05) is 51.3 Å². The minimum Gasteiger partial charge on any atom is -0.508 e. The SMILES string of the molecule is CC[C@H](C)[C@H](NC(=O)[C@H](Cc1ccc(O)cc1)N(C)C(=O)[C@@H](NC(=O)[C@@H](N)CCCN=C(N)N)C(C)C)C(=O)N[C@@H](Cc1cnc[nH]1)C(=O)N1CCC1C(=O)N[C@@H](Cc1ccccc1)C(=O)O. The van der Waals surface area contributed by atoms with Crippen LogP contribution >= 0.6 is 0 Å². The van der Waals surface area contributed by atoms with Gasteiger partial charge in [-0.2, -0.15) is 0 Å². The normalized spacial score (nSPS) is 16.4. The van der Waals surface area contributed by atoms with E-state index in [2.05, 4.69) is 36.2 Å². The third-order valence-corrected chi connectivity index (χ3v) is 11.9. The summed E-state index contributed by atoms with van der Waals surface area (Å²) in [4.78, 5) is 110. The number of amides is 6. The van der Waals surface area contributed by atoms with Crippen LogP contribution in [0.4, 0.5) is 0 Å². The number of likely N-dealkylation sites (N-methyl/N-ethyl adjacent to an activating group) is 1. The lowest BCUT2D eigenvalue weighted by Gasteiger charge is -2.42. The Balaban J connectivity index is 1.56. The molecule has 8 atom stereocenters. The van der Waals surface area contributed by atoms with E-state index in [-0.39, 0.29) is 56.9 Å². The van der Waals surface area contributed by atoms with Crippen LogP contribution in [0.5, 0.6) is 5.75 Å². The van der Waals surface area contributed by atoms with Crippen LogP contribution in [0, 0.1) is 11.8 Å². The summed E-state index contributed by atoms with van der Waals surface area (Å²) in [6.07, 6.45) is 4.10. The number of nitrogens with two attached hydrogens (primary N) is 3. The van der Waals surface area contributed by atoms with E-state index in [1.807, 2.05) is 6.92 Å². The summed E-state index contributed by atoms with van der Waals surface area (Å²) in [5, 5.41) is 30.9. The van der Waals surface area contributed by atoms with E-state index in [9.17, 15) is 43.8 Å². The minimum atomic E-state index is -1.26. The number of phenols is 1. The number of aromatic amines is 1. The van der Waals surface area contributed by atoms with Gasteiger partial charge in [0.15, 0.2) is 5.96 Å². The van der Waals surface area contributed by atoms with Gasteiger partial charge in [-0.3, -0.25) is 33.8 Å². The molecule has 0 radical (unpaired) electrons. The van der Waals surface area contributed by atoms with Crippen LogP contribution in [0.25, 0.3) is 0 Å². The quantitative estimate of drug-likeness (QED) is 0.0296. The van der Waals surface area contributed by atoms with Crippen molar-refractivity contribution >= 4 is 47.4 Å². The molecule has 3 aromatic rings. The van der Waals surface area contributed by atoms with E-state index in [4.69, 9.17) is 17.2 Å². The molecule has 6 amide bonds. The molecule has 0 bridgehead atoms. The third-order valence-electron chi connectivity index (χ3n) is 11.9. The molecule has 364 valence electrons. The third kappa shape index (κ3) is 15.3. The van der Waals surface area contributed by atoms with Crippen molar-refractivity contribution in [2.75, 3.05) is 20.1 Å². The van der Waals surface area contributed by atoms with Crippen molar-refractivity contribution in [1.29, 1.82) is 0 Å². The molecule has 1 unspecified atom stereocenters. The zero-order valence-corrected chi connectivity index (χ0v) is 38.7. The van der Waals surface area contributed by atoms with Gasteiger partial charge < -0.3 is 63.5 Å². The average molecular weight is 931 g/mol. The fourth-order valence-corrected chi connectivity index (χ4v) is 7.53. The highest BCUT2D eigenvalue weighted by Gasteiger charge is 2.43. The number of hydrogen-bond acceptors (Lipinski definition) is 11. The maximum absolute atomic E-state index is 14.6. The van der Waals surface area contributed by atoms with Crippen molar-refractivity contribution in [2.45, 2.75) is 115 Å². The smallest absolute Gasteiger partial charge is 0.326 e. The Morgan fingerprint density at radius 2 is 1.52 bits per heavy atom. The molecule has 21 heteroatoms. The van der Waals surface area contributed by atoms with Crippen molar-refractivity contribution in [2.24, 2.45) is 34.0 Å². The minimum absolute atomic E-state index is 0.0168. The molecule has 21 nitrogen and oxygen atoms in total. The lowest BCUT2D eigenvalue weighted by molar-refractivity contribution is -0.151. The molecule has 2 aromatic carbocycles. The molecule has 1 fully saturated rings. The summed E-state index contributed by atoms with van der Waals surface area (Å²) in [6.45, 7) is 7.45. The number of aliphatic imine (C=N–C) groups is 1. The molecular weight excluding hydrogens is 865 g/mol. The van der Waals surface area contributed by atoms with Gasteiger partial charge >= 0.3 is 5.97 Å². The molecule has 1 aliphatic rings. The number of phenolic OH excluding ortho intramolecular Hbond substituents is 1. The number of aromatic hydroxyl groups is 1. The molecule has 67 heavy (non-hydrogen) atoms. The lowest BCUT2D eigenvalue weighted by Crippen LogP contribution is -2.65. The molecular formula is C46H66N12O9. The predicted octanol–water partition coefficient (Wildman–Crippen LogP) is -0.322. The maximum Gasteiger partial charge on any atom is 0.326 e. The van der Waals surface area contributed by atoms with Gasteiger partial charge in [-0.05, 0) is 54.4 Å². The summed E-state index contributed by atoms with van der Waals surface area (Å²) >= 11 is 0. The van der Waals surface area contributed by atoms with Crippen molar-refractivity contribution in [3.05, 3.63) is 83.9 Å².